The topological polar surface area (TPSA) is 221 Å². The van der Waals surface area contributed by atoms with Gasteiger partial charge < -0.3 is 32.3 Å². The molecule has 0 unspecified atom stereocenters. The molecule has 14 nitrogen and oxygen atoms in total. The van der Waals surface area contributed by atoms with Crippen LogP contribution < -0.4 is 32.3 Å². The van der Waals surface area contributed by atoms with E-state index < -0.39 is 35.2 Å². The van der Waals surface area contributed by atoms with Gasteiger partial charge in [0, 0.05) is 42.9 Å². The number of guanidine groups is 1. The van der Waals surface area contributed by atoms with E-state index in [1.165, 1.54) is 24.3 Å². The highest BCUT2D eigenvalue weighted by Gasteiger charge is 2.21. The van der Waals surface area contributed by atoms with Gasteiger partial charge >= 0.3 is 0 Å². The molecule has 202 valence electrons. The third kappa shape index (κ3) is 10.7. The molecule has 2 aromatic rings. The van der Waals surface area contributed by atoms with Crippen LogP contribution in [0.15, 0.2) is 54.6 Å². The molecule has 0 radical (unpaired) electrons. The summed E-state index contributed by atoms with van der Waals surface area (Å²) in [7, 11) is 0. The number of carbonyl (C=O) groups is 4. The first kappa shape index (κ1) is 29.2. The number of nitrogens with two attached hydrogens (primary N) is 1. The van der Waals surface area contributed by atoms with Crippen LogP contribution in [0.1, 0.15) is 29.6 Å². The molecule has 38 heavy (non-hydrogen) atoms. The van der Waals surface area contributed by atoms with E-state index in [9.17, 15) is 29.3 Å². The van der Waals surface area contributed by atoms with Gasteiger partial charge in [-0.2, -0.15) is 0 Å². The fourth-order valence-electron chi connectivity index (χ4n) is 3.19. The monoisotopic (exact) mass is 526 g/mol. The first-order valence-electron chi connectivity index (χ1n) is 11.7. The van der Waals surface area contributed by atoms with Gasteiger partial charge in [-0.15, -0.1) is 0 Å². The van der Waals surface area contributed by atoms with E-state index >= 15 is 0 Å². The number of nitrogens with zero attached hydrogens (tertiary/aromatic N) is 1. The molecule has 4 amide bonds. The quantitative estimate of drug-likeness (QED) is 0.0591. The van der Waals surface area contributed by atoms with Crippen LogP contribution in [0.3, 0.4) is 0 Å². The summed E-state index contributed by atoms with van der Waals surface area (Å²) in [5, 5.41) is 30.8. The average molecular weight is 527 g/mol. The normalized spacial score (nSPS) is 10.9. The lowest BCUT2D eigenvalue weighted by molar-refractivity contribution is -0.384. The fourth-order valence-corrected chi connectivity index (χ4v) is 3.19. The summed E-state index contributed by atoms with van der Waals surface area (Å²) >= 11 is 0. The molecular formula is C24H30N8O6. The molecular weight excluding hydrogens is 496 g/mol. The van der Waals surface area contributed by atoms with E-state index in [2.05, 4.69) is 26.6 Å². The number of anilines is 1. The Kier molecular flexibility index (Phi) is 11.7. The Labute approximate surface area is 218 Å². The maximum absolute atomic E-state index is 12.8. The number of amides is 4. The van der Waals surface area contributed by atoms with E-state index in [-0.39, 0.29) is 43.5 Å². The summed E-state index contributed by atoms with van der Waals surface area (Å²) in [6.45, 7) is -0.0268. The van der Waals surface area contributed by atoms with Crippen molar-refractivity contribution in [3.8, 4) is 0 Å². The summed E-state index contributed by atoms with van der Waals surface area (Å²) in [6, 6.07) is 12.7. The number of nitro groups is 1. The number of hydrogen-bond acceptors (Lipinski definition) is 7. The van der Waals surface area contributed by atoms with Crippen LogP contribution >= 0.6 is 0 Å². The molecule has 0 bridgehead atoms. The Morgan fingerprint density at radius 3 is 2.24 bits per heavy atom. The number of nitrogens with one attached hydrogen (secondary N) is 6. The van der Waals surface area contributed by atoms with Crippen LogP contribution in [0.5, 0.6) is 0 Å². The molecule has 0 fully saturated rings. The molecule has 0 spiro atoms. The van der Waals surface area contributed by atoms with Crippen molar-refractivity contribution in [3.05, 3.63) is 70.3 Å². The molecule has 2 aromatic carbocycles. The lowest BCUT2D eigenvalue weighted by Crippen LogP contribution is -2.48. The third-order valence-corrected chi connectivity index (χ3v) is 5.10. The van der Waals surface area contributed by atoms with E-state index in [0.29, 0.717) is 17.7 Å². The predicted molar refractivity (Wildman–Crippen MR) is 139 cm³/mol. The Hall–Kier alpha value is -5.01. The number of carbonyl (C=O) groups excluding carboxylic acids is 4. The summed E-state index contributed by atoms with van der Waals surface area (Å²) < 4.78 is 0. The van der Waals surface area contributed by atoms with E-state index in [1.54, 1.807) is 30.3 Å². The van der Waals surface area contributed by atoms with Gasteiger partial charge in [0.05, 0.1) is 11.5 Å². The van der Waals surface area contributed by atoms with Crippen molar-refractivity contribution in [3.63, 3.8) is 0 Å². The van der Waals surface area contributed by atoms with Crippen molar-refractivity contribution in [2.45, 2.75) is 25.3 Å². The maximum Gasteiger partial charge on any atom is 0.269 e. The van der Waals surface area contributed by atoms with Crippen molar-refractivity contribution in [1.29, 1.82) is 5.41 Å². The summed E-state index contributed by atoms with van der Waals surface area (Å²) in [5.41, 5.74) is 5.87. The second-order valence-corrected chi connectivity index (χ2v) is 8.04. The lowest BCUT2D eigenvalue weighted by Gasteiger charge is -2.19. The van der Waals surface area contributed by atoms with Crippen LogP contribution in [0.4, 0.5) is 11.4 Å². The van der Waals surface area contributed by atoms with Crippen molar-refractivity contribution in [1.82, 2.24) is 21.3 Å². The molecule has 0 aliphatic rings. The molecule has 0 aliphatic carbocycles. The van der Waals surface area contributed by atoms with Crippen molar-refractivity contribution in [2.75, 3.05) is 25.0 Å². The van der Waals surface area contributed by atoms with Gasteiger partial charge in [0.15, 0.2) is 5.96 Å². The molecule has 0 aliphatic heterocycles. The van der Waals surface area contributed by atoms with Crippen LogP contribution in [-0.2, 0) is 14.4 Å². The lowest BCUT2D eigenvalue weighted by atomic mass is 10.1. The van der Waals surface area contributed by atoms with E-state index in [4.69, 9.17) is 11.1 Å². The smallest absolute Gasteiger partial charge is 0.269 e. The summed E-state index contributed by atoms with van der Waals surface area (Å²) in [6.07, 6.45) is 0.516. The molecule has 0 saturated heterocycles. The highest BCUT2D eigenvalue weighted by molar-refractivity contribution is 5.98. The second kappa shape index (κ2) is 15.2. The fraction of sp³-hybridized carbons (Fsp3) is 0.292. The molecule has 0 aromatic heterocycles. The van der Waals surface area contributed by atoms with E-state index in [1.807, 2.05) is 0 Å². The van der Waals surface area contributed by atoms with Crippen molar-refractivity contribution in [2.24, 2.45) is 5.73 Å². The second-order valence-electron chi connectivity index (χ2n) is 8.04. The number of non-ortho nitro benzene ring substituents is 1. The molecule has 0 heterocycles. The summed E-state index contributed by atoms with van der Waals surface area (Å²) in [5.74, 6) is -2.20. The van der Waals surface area contributed by atoms with Gasteiger partial charge in [0.25, 0.3) is 11.6 Å². The van der Waals surface area contributed by atoms with Gasteiger partial charge in [-0.3, -0.25) is 34.7 Å². The first-order chi connectivity index (χ1) is 18.2. The zero-order chi connectivity index (χ0) is 27.9. The standard InChI is InChI=1S/C24H30N8O6/c25-24(26)28-13-4-7-19(23(36)30-17-8-10-18(11-9-17)32(37)38)31-21(34)15-29-20(33)12-14-27-22(35)16-5-2-1-3-6-16/h1-3,5-6,8-11,19H,4,7,12-15H2,(H,27,35)(H,29,33)(H,30,36)(H,31,34)(H4,25,26,28)/t19-/m0/s1. The van der Waals surface area contributed by atoms with Crippen molar-refractivity contribution >= 4 is 41.0 Å². The van der Waals surface area contributed by atoms with Crippen LogP contribution in [0.2, 0.25) is 0 Å². The molecule has 1 atom stereocenters. The SMILES string of the molecule is N=C(N)NCCC[C@H](NC(=O)CNC(=O)CCNC(=O)c1ccccc1)C(=O)Nc1ccc([N+](=O)[O-])cc1. The Balaban J connectivity index is 1.84. The van der Waals surface area contributed by atoms with E-state index in [0.717, 1.165) is 0 Å². The van der Waals surface area contributed by atoms with Gasteiger partial charge in [0.1, 0.15) is 6.04 Å². The molecule has 14 heteroatoms. The van der Waals surface area contributed by atoms with Gasteiger partial charge in [-0.25, -0.2) is 0 Å². The first-order valence-corrected chi connectivity index (χ1v) is 11.7. The highest BCUT2D eigenvalue weighted by atomic mass is 16.6. The zero-order valence-corrected chi connectivity index (χ0v) is 20.5. The number of hydrogen-bond donors (Lipinski definition) is 7. The van der Waals surface area contributed by atoms with Gasteiger partial charge in [-0.1, -0.05) is 18.2 Å². The average Bonchev–Trinajstić information content (AvgIpc) is 2.89. The molecule has 0 saturated carbocycles. The Morgan fingerprint density at radius 1 is 0.921 bits per heavy atom. The Morgan fingerprint density at radius 2 is 1.61 bits per heavy atom. The number of rotatable bonds is 14. The van der Waals surface area contributed by atoms with Crippen molar-refractivity contribution < 1.29 is 24.1 Å². The third-order valence-electron chi connectivity index (χ3n) is 5.10. The minimum absolute atomic E-state index is 0.0490. The molecule has 2 rings (SSSR count). The molecule has 8 N–H and O–H groups in total. The van der Waals surface area contributed by atoms with Crippen LogP contribution in [0.25, 0.3) is 0 Å². The summed E-state index contributed by atoms with van der Waals surface area (Å²) in [4.78, 5) is 59.5. The van der Waals surface area contributed by atoms with Gasteiger partial charge in [0.2, 0.25) is 17.7 Å². The largest absolute Gasteiger partial charge is 0.370 e. The zero-order valence-electron chi connectivity index (χ0n) is 20.5. The minimum Gasteiger partial charge on any atom is -0.370 e. The predicted octanol–water partition coefficient (Wildman–Crippen LogP) is 0.218. The van der Waals surface area contributed by atoms with Crippen LogP contribution in [0, 0.1) is 15.5 Å². The van der Waals surface area contributed by atoms with Gasteiger partial charge in [-0.05, 0) is 37.1 Å². The van der Waals surface area contributed by atoms with Crippen LogP contribution in [-0.4, -0.2) is 60.2 Å². The highest BCUT2D eigenvalue weighted by Crippen LogP contribution is 2.16. The maximum atomic E-state index is 12.8. The Bertz CT molecular complexity index is 1140. The number of benzene rings is 2. The number of nitro benzene ring substituents is 1. The minimum atomic E-state index is -0.992.